The van der Waals surface area contributed by atoms with Crippen molar-refractivity contribution in [2.75, 3.05) is 19.8 Å². The van der Waals surface area contributed by atoms with Gasteiger partial charge in [-0.15, -0.1) is 0 Å². The minimum absolute atomic E-state index is 0.610. The quantitative estimate of drug-likeness (QED) is 0.690. The average Bonchev–Trinajstić information content (AvgIpc) is 2.39. The van der Waals surface area contributed by atoms with Crippen molar-refractivity contribution in [2.24, 2.45) is 0 Å². The fourth-order valence-electron chi connectivity index (χ4n) is 1.64. The summed E-state index contributed by atoms with van der Waals surface area (Å²) in [6, 6.07) is 10.1. The van der Waals surface area contributed by atoms with E-state index in [-0.39, 0.29) is 0 Å². The molecule has 0 aliphatic carbocycles. The van der Waals surface area contributed by atoms with E-state index in [1.54, 1.807) is 0 Å². The monoisotopic (exact) mass is 312 g/mol. The van der Waals surface area contributed by atoms with Crippen molar-refractivity contribution in [3.8, 4) is 0 Å². The molecule has 0 spiro atoms. The fraction of sp³-hybridized carbons (Fsp3) is 0.429. The molecule has 0 aliphatic rings. The molecule has 0 N–H and O–H groups in total. The van der Waals surface area contributed by atoms with Gasteiger partial charge in [0.15, 0.2) is 0 Å². The van der Waals surface area contributed by atoms with E-state index >= 15 is 0 Å². The van der Waals surface area contributed by atoms with Gasteiger partial charge in [0.25, 0.3) is 0 Å². The third-order valence-corrected chi connectivity index (χ3v) is 7.87. The Morgan fingerprint density at radius 2 is 1.39 bits per heavy atom. The first-order valence-corrected chi connectivity index (χ1v) is 10.2. The Morgan fingerprint density at radius 1 is 0.889 bits per heavy atom. The van der Waals surface area contributed by atoms with Gasteiger partial charge >= 0.3 is 113 Å². The fourth-order valence-corrected chi connectivity index (χ4v) is 6.13. The summed E-state index contributed by atoms with van der Waals surface area (Å²) >= 11 is -3.21. The third kappa shape index (κ3) is 4.94. The molecule has 1 rings (SSSR count). The minimum atomic E-state index is -3.21. The van der Waals surface area contributed by atoms with Crippen LogP contribution in [0, 0.1) is 0 Å². The SMILES string of the molecule is CC[O][Ge]([CH]=Cc1ccccc1)([O]CC)[O]CC. The van der Waals surface area contributed by atoms with Crippen LogP contribution in [-0.4, -0.2) is 34.1 Å². The zero-order valence-electron chi connectivity index (χ0n) is 11.4. The first kappa shape index (κ1) is 15.4. The molecule has 1 aromatic rings. The summed E-state index contributed by atoms with van der Waals surface area (Å²) in [6.45, 7) is 7.73. The van der Waals surface area contributed by atoms with Gasteiger partial charge in [0, 0.05) is 0 Å². The maximum atomic E-state index is 5.79. The number of rotatable bonds is 8. The molecule has 100 valence electrons. The van der Waals surface area contributed by atoms with E-state index in [9.17, 15) is 0 Å². The van der Waals surface area contributed by atoms with E-state index in [1.165, 1.54) is 0 Å². The van der Waals surface area contributed by atoms with E-state index in [2.05, 4.69) is 0 Å². The molecule has 0 atom stereocenters. The Morgan fingerprint density at radius 3 is 1.83 bits per heavy atom. The van der Waals surface area contributed by atoms with Crippen molar-refractivity contribution in [1.29, 1.82) is 0 Å². The zero-order valence-corrected chi connectivity index (χ0v) is 13.5. The molecule has 0 bridgehead atoms. The summed E-state index contributed by atoms with van der Waals surface area (Å²) in [5, 5.41) is 0. The van der Waals surface area contributed by atoms with Crippen LogP contribution in [-0.2, 0) is 11.3 Å². The molecule has 4 heteroatoms. The second kappa shape index (κ2) is 8.48. The molecular weight excluding hydrogens is 289 g/mol. The van der Waals surface area contributed by atoms with Gasteiger partial charge in [-0.2, -0.15) is 0 Å². The summed E-state index contributed by atoms with van der Waals surface area (Å²) < 4.78 is 17.4. The molecule has 0 amide bonds. The van der Waals surface area contributed by atoms with E-state index < -0.39 is 14.3 Å². The first-order valence-electron chi connectivity index (χ1n) is 6.42. The van der Waals surface area contributed by atoms with Gasteiger partial charge in [0.1, 0.15) is 0 Å². The number of benzene rings is 1. The first-order chi connectivity index (χ1) is 8.76. The van der Waals surface area contributed by atoms with Crippen molar-refractivity contribution in [3.05, 3.63) is 40.8 Å². The summed E-state index contributed by atoms with van der Waals surface area (Å²) in [5.74, 6) is 0. The van der Waals surface area contributed by atoms with Crippen molar-refractivity contribution >= 4 is 20.4 Å². The van der Waals surface area contributed by atoms with E-state index in [0.717, 1.165) is 5.56 Å². The van der Waals surface area contributed by atoms with Gasteiger partial charge in [-0.1, -0.05) is 0 Å². The van der Waals surface area contributed by atoms with Gasteiger partial charge < -0.3 is 0 Å². The van der Waals surface area contributed by atoms with Crippen LogP contribution in [0.25, 0.3) is 6.08 Å². The van der Waals surface area contributed by atoms with Crippen molar-refractivity contribution < 1.29 is 11.3 Å². The molecule has 0 unspecified atom stereocenters. The Hall–Kier alpha value is -0.617. The van der Waals surface area contributed by atoms with Gasteiger partial charge in [-0.25, -0.2) is 0 Å². The van der Waals surface area contributed by atoms with Crippen LogP contribution < -0.4 is 0 Å². The molecule has 0 heterocycles. The Kier molecular flexibility index (Phi) is 7.27. The maximum absolute atomic E-state index is 5.79. The third-order valence-electron chi connectivity index (χ3n) is 2.32. The predicted molar refractivity (Wildman–Crippen MR) is 76.1 cm³/mol. The normalized spacial score (nSPS) is 12.2. The standard InChI is InChI=1S/C14H22GeO3/c1-4-16-15(17-5-2,18-6-3)13-12-14-10-8-7-9-11-14/h7-13H,4-6H2,1-3H3. The van der Waals surface area contributed by atoms with Crippen molar-refractivity contribution in [3.63, 3.8) is 0 Å². The van der Waals surface area contributed by atoms with Crippen LogP contribution in [0.1, 0.15) is 26.3 Å². The Bertz CT molecular complexity index is 334. The molecule has 0 saturated carbocycles. The predicted octanol–water partition coefficient (Wildman–Crippen LogP) is 3.29. The van der Waals surface area contributed by atoms with E-state index in [4.69, 9.17) is 11.3 Å². The van der Waals surface area contributed by atoms with Gasteiger partial charge in [0.05, 0.1) is 0 Å². The molecule has 1 aromatic carbocycles. The van der Waals surface area contributed by atoms with Crippen LogP contribution in [0.4, 0.5) is 0 Å². The Labute approximate surface area is 113 Å². The van der Waals surface area contributed by atoms with E-state index in [1.807, 2.05) is 62.1 Å². The van der Waals surface area contributed by atoms with Crippen molar-refractivity contribution in [2.45, 2.75) is 20.8 Å². The summed E-state index contributed by atoms with van der Waals surface area (Å²) in [7, 11) is 0. The van der Waals surface area contributed by atoms with Gasteiger partial charge in [-0.3, -0.25) is 0 Å². The van der Waals surface area contributed by atoms with E-state index in [0.29, 0.717) is 19.8 Å². The second-order valence-corrected chi connectivity index (χ2v) is 8.70. The molecule has 0 aromatic heterocycles. The van der Waals surface area contributed by atoms with Crippen LogP contribution in [0.3, 0.4) is 0 Å². The molecule has 18 heavy (non-hydrogen) atoms. The molecule has 3 nitrogen and oxygen atoms in total. The van der Waals surface area contributed by atoms with Crippen molar-refractivity contribution in [1.82, 2.24) is 0 Å². The average molecular weight is 311 g/mol. The molecule has 0 fully saturated rings. The molecule has 0 aliphatic heterocycles. The topological polar surface area (TPSA) is 27.7 Å². The summed E-state index contributed by atoms with van der Waals surface area (Å²) in [5.41, 5.74) is 1.13. The van der Waals surface area contributed by atoms with Crippen LogP contribution >= 0.6 is 0 Å². The molecular formula is C14H22GeO3. The molecule has 0 radical (unpaired) electrons. The van der Waals surface area contributed by atoms with Gasteiger partial charge in [0.2, 0.25) is 0 Å². The van der Waals surface area contributed by atoms with Crippen LogP contribution in [0.2, 0.25) is 0 Å². The zero-order chi connectivity index (χ0) is 13.3. The second-order valence-electron chi connectivity index (χ2n) is 3.65. The Balaban J connectivity index is 2.84. The number of hydrogen-bond acceptors (Lipinski definition) is 3. The van der Waals surface area contributed by atoms with Crippen LogP contribution in [0.15, 0.2) is 35.2 Å². The van der Waals surface area contributed by atoms with Gasteiger partial charge in [-0.05, 0) is 0 Å². The number of hydrogen-bond donors (Lipinski definition) is 0. The summed E-state index contributed by atoms with van der Waals surface area (Å²) in [6.07, 6.45) is 2.03. The summed E-state index contributed by atoms with van der Waals surface area (Å²) in [4.78, 5) is 2.01. The molecule has 0 saturated heterocycles. The van der Waals surface area contributed by atoms with Crippen LogP contribution in [0.5, 0.6) is 0 Å².